The predicted molar refractivity (Wildman–Crippen MR) is 166 cm³/mol. The summed E-state index contributed by atoms with van der Waals surface area (Å²) in [7, 11) is 1.24. The summed E-state index contributed by atoms with van der Waals surface area (Å²) < 4.78 is 18.4. The molecule has 1 aliphatic heterocycles. The highest BCUT2D eigenvalue weighted by molar-refractivity contribution is 5.98. The molecule has 11 heteroatoms. The molecule has 0 saturated carbocycles. The molecule has 10 nitrogen and oxygen atoms in total. The van der Waals surface area contributed by atoms with E-state index in [-0.39, 0.29) is 23.5 Å². The molecule has 0 radical (unpaired) electrons. The molecule has 0 aromatic heterocycles. The molecule has 2 unspecified atom stereocenters. The number of nitrogens with zero attached hydrogens (tertiary/aromatic N) is 2. The summed E-state index contributed by atoms with van der Waals surface area (Å²) in [4.78, 5) is 53.2. The molecule has 1 fully saturated rings. The summed E-state index contributed by atoms with van der Waals surface area (Å²) >= 11 is 0. The molecule has 0 aliphatic carbocycles. The minimum absolute atomic E-state index is 0.199. The minimum atomic E-state index is -0.813. The van der Waals surface area contributed by atoms with Crippen LogP contribution >= 0.6 is 0 Å². The maximum Gasteiger partial charge on any atom is 0.407 e. The Labute approximate surface area is 256 Å². The molecule has 3 N–H and O–H groups in total. The van der Waals surface area contributed by atoms with Gasteiger partial charge >= 0.3 is 6.09 Å². The van der Waals surface area contributed by atoms with Gasteiger partial charge in [0.05, 0.1) is 7.11 Å². The molecule has 44 heavy (non-hydrogen) atoms. The van der Waals surface area contributed by atoms with Crippen molar-refractivity contribution in [2.24, 2.45) is 5.92 Å². The quantitative estimate of drug-likeness (QED) is 0.253. The Hall–Kier alpha value is -4.93. The lowest BCUT2D eigenvalue weighted by Gasteiger charge is -2.30. The van der Waals surface area contributed by atoms with E-state index in [1.54, 1.807) is 24.3 Å². The van der Waals surface area contributed by atoms with Crippen LogP contribution in [0.15, 0.2) is 72.8 Å². The molecule has 1 heterocycles. The van der Waals surface area contributed by atoms with Crippen LogP contribution in [0.3, 0.4) is 0 Å². The maximum atomic E-state index is 13.7. The summed E-state index contributed by atoms with van der Waals surface area (Å²) in [5, 5.41) is 8.22. The number of benzene rings is 3. The van der Waals surface area contributed by atoms with Crippen LogP contribution in [0.2, 0.25) is 0 Å². The average Bonchev–Trinajstić information content (AvgIpc) is 3.50. The smallest absolute Gasteiger partial charge is 0.407 e. The monoisotopic (exact) mass is 603 g/mol. The fourth-order valence-electron chi connectivity index (χ4n) is 5.31. The molecule has 1 aliphatic rings. The third kappa shape index (κ3) is 8.33. The van der Waals surface area contributed by atoms with Crippen molar-refractivity contribution < 1.29 is 28.3 Å². The number of nitrogens with one attached hydrogen (secondary N) is 3. The van der Waals surface area contributed by atoms with Gasteiger partial charge < -0.3 is 30.5 Å². The molecule has 4 rings (SSSR count). The first kappa shape index (κ1) is 32.0. The highest BCUT2D eigenvalue weighted by atomic mass is 19.1. The normalized spacial score (nSPS) is 14.9. The third-order valence-electron chi connectivity index (χ3n) is 7.52. The van der Waals surface area contributed by atoms with Crippen molar-refractivity contribution in [3.05, 3.63) is 89.7 Å². The van der Waals surface area contributed by atoms with Gasteiger partial charge in [0.25, 0.3) is 0 Å². The van der Waals surface area contributed by atoms with E-state index in [1.165, 1.54) is 24.1 Å². The van der Waals surface area contributed by atoms with Gasteiger partial charge in [-0.15, -0.1) is 0 Å². The van der Waals surface area contributed by atoms with E-state index in [1.807, 2.05) is 50.2 Å². The van der Waals surface area contributed by atoms with Gasteiger partial charge in [0, 0.05) is 36.7 Å². The van der Waals surface area contributed by atoms with Gasteiger partial charge in [-0.2, -0.15) is 0 Å². The first-order valence-corrected chi connectivity index (χ1v) is 14.5. The van der Waals surface area contributed by atoms with Crippen LogP contribution in [0.4, 0.5) is 26.2 Å². The van der Waals surface area contributed by atoms with Crippen molar-refractivity contribution in [2.45, 2.75) is 51.9 Å². The lowest BCUT2D eigenvalue weighted by molar-refractivity contribution is -0.139. The number of carbonyl (C=O) groups excluding carboxylic acids is 4. The standard InChI is InChI=1S/C33H38FN5O5/c1-22(2)30(37-33(43)44-3)32(42)39-16-6-11-29(39)31(41)36-27-10-5-8-24(18-27)20-38(28-14-12-25(34)13-15-28)19-23-7-4-9-26(17-23)35-21-40/h4-5,7-10,12-15,17-18,21-22,29-30H,6,11,16,19-20H2,1-3H3,(H,35,40)(H,36,41)(H,37,43). The van der Waals surface area contributed by atoms with E-state index in [0.29, 0.717) is 50.3 Å². The van der Waals surface area contributed by atoms with Crippen LogP contribution in [0, 0.1) is 11.7 Å². The zero-order valence-corrected chi connectivity index (χ0v) is 25.1. The number of ether oxygens (including phenoxy) is 1. The van der Waals surface area contributed by atoms with Crippen molar-refractivity contribution in [1.29, 1.82) is 0 Å². The first-order chi connectivity index (χ1) is 21.2. The van der Waals surface area contributed by atoms with Gasteiger partial charge in [0.15, 0.2) is 0 Å². The molecule has 232 valence electrons. The molecular formula is C33H38FN5O5. The molecule has 1 saturated heterocycles. The van der Waals surface area contributed by atoms with E-state index in [0.717, 1.165) is 16.8 Å². The van der Waals surface area contributed by atoms with Crippen molar-refractivity contribution in [2.75, 3.05) is 29.2 Å². The topological polar surface area (TPSA) is 120 Å². The van der Waals surface area contributed by atoms with Crippen LogP contribution in [0.1, 0.15) is 37.8 Å². The van der Waals surface area contributed by atoms with Crippen molar-refractivity contribution >= 4 is 41.4 Å². The van der Waals surface area contributed by atoms with E-state index < -0.39 is 18.2 Å². The fraction of sp³-hybridized carbons (Fsp3) is 0.333. The number of likely N-dealkylation sites (tertiary alicyclic amines) is 1. The average molecular weight is 604 g/mol. The summed E-state index contributed by atoms with van der Waals surface area (Å²) in [5.41, 5.74) is 3.89. The zero-order chi connectivity index (χ0) is 31.6. The lowest BCUT2D eigenvalue weighted by atomic mass is 10.0. The lowest BCUT2D eigenvalue weighted by Crippen LogP contribution is -2.54. The minimum Gasteiger partial charge on any atom is -0.453 e. The maximum absolute atomic E-state index is 13.7. The van der Waals surface area contributed by atoms with Gasteiger partial charge in [0.1, 0.15) is 17.9 Å². The molecule has 0 bridgehead atoms. The summed E-state index contributed by atoms with van der Waals surface area (Å²) in [5.74, 6) is -1.16. The molecule has 3 aromatic rings. The number of halogens is 1. The third-order valence-corrected chi connectivity index (χ3v) is 7.52. The highest BCUT2D eigenvalue weighted by Crippen LogP contribution is 2.25. The number of alkyl carbamates (subject to hydrolysis) is 1. The van der Waals surface area contributed by atoms with Gasteiger partial charge in [0.2, 0.25) is 18.2 Å². The van der Waals surface area contributed by atoms with Crippen LogP contribution < -0.4 is 20.9 Å². The van der Waals surface area contributed by atoms with Crippen molar-refractivity contribution in [3.8, 4) is 0 Å². The summed E-state index contributed by atoms with van der Waals surface area (Å²) in [6.07, 6.45) is 1.10. The van der Waals surface area contributed by atoms with Crippen molar-refractivity contribution in [1.82, 2.24) is 10.2 Å². The SMILES string of the molecule is COC(=O)NC(C(=O)N1CCCC1C(=O)Nc1cccc(CN(Cc2cccc(NC=O)c2)c2ccc(F)cc2)c1)C(C)C. The Bertz CT molecular complexity index is 1460. The number of rotatable bonds is 12. The molecule has 2 atom stereocenters. The second-order valence-corrected chi connectivity index (χ2v) is 11.0. The largest absolute Gasteiger partial charge is 0.453 e. The van der Waals surface area contributed by atoms with Crippen LogP contribution in [-0.4, -0.2) is 55.0 Å². The molecular weight excluding hydrogens is 565 g/mol. The van der Waals surface area contributed by atoms with E-state index >= 15 is 0 Å². The van der Waals surface area contributed by atoms with Crippen LogP contribution in [-0.2, 0) is 32.2 Å². The Morgan fingerprint density at radius 1 is 1.00 bits per heavy atom. The van der Waals surface area contributed by atoms with Crippen LogP contribution in [0.25, 0.3) is 0 Å². The number of carbonyl (C=O) groups is 4. The fourth-order valence-corrected chi connectivity index (χ4v) is 5.31. The molecule has 4 amide bonds. The van der Waals surface area contributed by atoms with Gasteiger partial charge in [-0.1, -0.05) is 38.1 Å². The summed E-state index contributed by atoms with van der Waals surface area (Å²) in [6, 6.07) is 19.7. The Morgan fingerprint density at radius 2 is 1.64 bits per heavy atom. The second kappa shape index (κ2) is 15.0. The summed E-state index contributed by atoms with van der Waals surface area (Å²) in [6.45, 7) is 4.99. The molecule has 0 spiro atoms. The second-order valence-electron chi connectivity index (χ2n) is 11.0. The molecule has 3 aromatic carbocycles. The van der Waals surface area contributed by atoms with E-state index in [9.17, 15) is 23.6 Å². The zero-order valence-electron chi connectivity index (χ0n) is 25.1. The Kier molecular flexibility index (Phi) is 10.9. The number of amides is 4. The number of hydrogen-bond acceptors (Lipinski definition) is 6. The van der Waals surface area contributed by atoms with Crippen LogP contribution in [0.5, 0.6) is 0 Å². The predicted octanol–water partition coefficient (Wildman–Crippen LogP) is 4.91. The first-order valence-electron chi connectivity index (χ1n) is 14.5. The van der Waals surface area contributed by atoms with E-state index in [2.05, 4.69) is 25.6 Å². The number of hydrogen-bond donors (Lipinski definition) is 3. The number of anilines is 3. The Morgan fingerprint density at radius 3 is 2.25 bits per heavy atom. The van der Waals surface area contributed by atoms with Gasteiger partial charge in [-0.05, 0) is 78.4 Å². The van der Waals surface area contributed by atoms with E-state index in [4.69, 9.17) is 0 Å². The van der Waals surface area contributed by atoms with Crippen molar-refractivity contribution in [3.63, 3.8) is 0 Å². The van der Waals surface area contributed by atoms with Gasteiger partial charge in [-0.25, -0.2) is 9.18 Å². The highest BCUT2D eigenvalue weighted by Gasteiger charge is 2.38. The Balaban J connectivity index is 1.49. The number of methoxy groups -OCH3 is 1. The van der Waals surface area contributed by atoms with Gasteiger partial charge in [-0.3, -0.25) is 14.4 Å².